The molecule has 39 heavy (non-hydrogen) atoms. The average Bonchev–Trinajstić information content (AvgIpc) is 2.76. The first kappa shape index (κ1) is 31.7. The Morgan fingerprint density at radius 2 is 1.51 bits per heavy atom. The van der Waals surface area contributed by atoms with Gasteiger partial charge in [0.1, 0.15) is 23.4 Å². The molecule has 3 N–H and O–H groups in total. The number of aromatic hydroxyl groups is 1. The molecule has 0 bridgehead atoms. The predicted molar refractivity (Wildman–Crippen MR) is 154 cm³/mol. The lowest BCUT2D eigenvalue weighted by Gasteiger charge is -2.43. The highest BCUT2D eigenvalue weighted by molar-refractivity contribution is 5.93. The van der Waals surface area contributed by atoms with Crippen LogP contribution in [0.5, 0.6) is 5.75 Å². The van der Waals surface area contributed by atoms with Gasteiger partial charge in [-0.05, 0) is 98.1 Å². The van der Waals surface area contributed by atoms with Crippen LogP contribution in [0.15, 0.2) is 42.5 Å². The van der Waals surface area contributed by atoms with Gasteiger partial charge in [0.05, 0.1) is 0 Å². The molecule has 0 aliphatic rings. The van der Waals surface area contributed by atoms with Gasteiger partial charge in [0.15, 0.2) is 0 Å². The lowest BCUT2D eigenvalue weighted by molar-refractivity contribution is -0.148. The molecule has 8 nitrogen and oxygen atoms in total. The normalized spacial score (nSPS) is 13.4. The van der Waals surface area contributed by atoms with Gasteiger partial charge in [-0.1, -0.05) is 35.9 Å². The Labute approximate surface area is 233 Å². The van der Waals surface area contributed by atoms with E-state index in [1.165, 1.54) is 12.1 Å². The van der Waals surface area contributed by atoms with E-state index in [-0.39, 0.29) is 24.1 Å². The molecule has 2 atom stereocenters. The number of hydrogen-bond donors (Lipinski definition) is 3. The standard InChI is InChI=1S/C31H45N3O5/c1-19(2)32-27(36)26(24-16-11-20(3)17-21(24)4)34(30(5,6)7)28(37)25(33-29(38)39-31(8,9)10)18-22-12-14-23(35)15-13-22/h11-17,19,25-26,35H,18H2,1-10H3,(H,32,36)(H,33,38). The number of carbonyl (C=O) groups is 3. The number of ether oxygens (including phenoxy) is 1. The van der Waals surface area contributed by atoms with E-state index < -0.39 is 35.2 Å². The molecule has 2 aromatic carbocycles. The smallest absolute Gasteiger partial charge is 0.408 e. The molecule has 0 spiro atoms. The van der Waals surface area contributed by atoms with Gasteiger partial charge >= 0.3 is 6.09 Å². The number of carbonyl (C=O) groups excluding carboxylic acids is 3. The van der Waals surface area contributed by atoms with Crippen molar-refractivity contribution in [3.05, 3.63) is 64.7 Å². The van der Waals surface area contributed by atoms with Crippen molar-refractivity contribution in [2.45, 2.75) is 105 Å². The lowest BCUT2D eigenvalue weighted by atomic mass is 9.91. The number of benzene rings is 2. The number of nitrogens with one attached hydrogen (secondary N) is 2. The summed E-state index contributed by atoms with van der Waals surface area (Å²) in [6.07, 6.45) is -0.598. The predicted octanol–water partition coefficient (Wildman–Crippen LogP) is 5.34. The van der Waals surface area contributed by atoms with E-state index in [1.807, 2.05) is 66.7 Å². The summed E-state index contributed by atoms with van der Waals surface area (Å²) in [6.45, 7) is 18.5. The molecule has 214 valence electrons. The van der Waals surface area contributed by atoms with E-state index in [0.29, 0.717) is 5.56 Å². The molecule has 3 amide bonds. The van der Waals surface area contributed by atoms with Gasteiger partial charge in [0, 0.05) is 18.0 Å². The number of amides is 3. The molecule has 0 heterocycles. The topological polar surface area (TPSA) is 108 Å². The van der Waals surface area contributed by atoms with Crippen LogP contribution in [0, 0.1) is 13.8 Å². The Morgan fingerprint density at radius 3 is 2.00 bits per heavy atom. The van der Waals surface area contributed by atoms with E-state index in [9.17, 15) is 19.5 Å². The Balaban J connectivity index is 2.65. The van der Waals surface area contributed by atoms with Crippen LogP contribution in [0.2, 0.25) is 0 Å². The molecule has 8 heteroatoms. The third-order valence-electron chi connectivity index (χ3n) is 5.98. The zero-order valence-electron chi connectivity index (χ0n) is 25.0. The minimum Gasteiger partial charge on any atom is -0.508 e. The monoisotopic (exact) mass is 539 g/mol. The molecule has 2 unspecified atom stereocenters. The second-order valence-corrected chi connectivity index (χ2v) is 12.4. The highest BCUT2D eigenvalue weighted by Crippen LogP contribution is 2.32. The van der Waals surface area contributed by atoms with Gasteiger partial charge in [-0.2, -0.15) is 0 Å². The van der Waals surface area contributed by atoms with Crippen molar-refractivity contribution in [2.24, 2.45) is 0 Å². The third-order valence-corrected chi connectivity index (χ3v) is 5.98. The Morgan fingerprint density at radius 1 is 0.923 bits per heavy atom. The van der Waals surface area contributed by atoms with E-state index in [1.54, 1.807) is 37.8 Å². The first-order chi connectivity index (χ1) is 17.9. The second-order valence-electron chi connectivity index (χ2n) is 12.4. The van der Waals surface area contributed by atoms with Gasteiger partial charge in [-0.25, -0.2) is 4.79 Å². The maximum Gasteiger partial charge on any atom is 0.408 e. The number of nitrogens with zero attached hydrogens (tertiary/aromatic N) is 1. The van der Waals surface area contributed by atoms with Gasteiger partial charge in [-0.15, -0.1) is 0 Å². The van der Waals surface area contributed by atoms with Crippen LogP contribution in [0.3, 0.4) is 0 Å². The molecule has 0 saturated heterocycles. The maximum atomic E-state index is 14.5. The average molecular weight is 540 g/mol. The summed E-state index contributed by atoms with van der Waals surface area (Å²) in [5, 5.41) is 15.5. The second kappa shape index (κ2) is 12.5. The lowest BCUT2D eigenvalue weighted by Crippen LogP contribution is -2.59. The molecule has 2 rings (SSSR count). The van der Waals surface area contributed by atoms with Crippen LogP contribution < -0.4 is 10.6 Å². The van der Waals surface area contributed by atoms with Crippen molar-refractivity contribution in [3.8, 4) is 5.75 Å². The summed E-state index contributed by atoms with van der Waals surface area (Å²) in [6, 6.07) is 10.1. The fourth-order valence-electron chi connectivity index (χ4n) is 4.42. The summed E-state index contributed by atoms with van der Waals surface area (Å²) < 4.78 is 5.48. The minimum absolute atomic E-state index is 0.0957. The zero-order chi connectivity index (χ0) is 29.7. The highest BCUT2D eigenvalue weighted by atomic mass is 16.6. The quantitative estimate of drug-likeness (QED) is 0.420. The minimum atomic E-state index is -1.04. The molecular formula is C31H45N3O5. The molecule has 0 aliphatic heterocycles. The summed E-state index contributed by atoms with van der Waals surface area (Å²) in [7, 11) is 0. The van der Waals surface area contributed by atoms with Crippen molar-refractivity contribution in [2.75, 3.05) is 0 Å². The number of phenols is 1. The van der Waals surface area contributed by atoms with Crippen molar-refractivity contribution in [1.29, 1.82) is 0 Å². The van der Waals surface area contributed by atoms with E-state index in [0.717, 1.165) is 16.7 Å². The molecule has 0 saturated carbocycles. The van der Waals surface area contributed by atoms with E-state index >= 15 is 0 Å². The van der Waals surface area contributed by atoms with Crippen LogP contribution in [0.1, 0.15) is 83.7 Å². The zero-order valence-corrected chi connectivity index (χ0v) is 25.0. The molecular weight excluding hydrogens is 494 g/mol. The molecule has 0 fully saturated rings. The first-order valence-electron chi connectivity index (χ1n) is 13.4. The maximum absolute atomic E-state index is 14.5. The van der Waals surface area contributed by atoms with E-state index in [2.05, 4.69) is 10.6 Å². The summed E-state index contributed by atoms with van der Waals surface area (Å²) in [4.78, 5) is 42.7. The summed E-state index contributed by atoms with van der Waals surface area (Å²) in [5.74, 6) is -0.635. The number of rotatable bonds is 8. The fraction of sp³-hybridized carbons (Fsp3) is 0.516. The van der Waals surface area contributed by atoms with Crippen molar-refractivity contribution >= 4 is 17.9 Å². The third kappa shape index (κ3) is 9.30. The molecule has 2 aromatic rings. The van der Waals surface area contributed by atoms with Crippen LogP contribution >= 0.6 is 0 Å². The Hall–Kier alpha value is -3.55. The van der Waals surface area contributed by atoms with Gasteiger partial charge in [0.2, 0.25) is 11.8 Å². The van der Waals surface area contributed by atoms with Gasteiger partial charge in [-0.3, -0.25) is 9.59 Å². The fourth-order valence-corrected chi connectivity index (χ4v) is 4.42. The van der Waals surface area contributed by atoms with Crippen LogP contribution in [0.4, 0.5) is 4.79 Å². The summed E-state index contributed by atoms with van der Waals surface area (Å²) in [5.41, 5.74) is 1.81. The Bertz CT molecular complexity index is 1160. The van der Waals surface area contributed by atoms with Crippen molar-refractivity contribution in [1.82, 2.24) is 15.5 Å². The van der Waals surface area contributed by atoms with Gasteiger partial charge in [0.25, 0.3) is 0 Å². The van der Waals surface area contributed by atoms with Crippen LogP contribution in [-0.2, 0) is 20.7 Å². The van der Waals surface area contributed by atoms with E-state index in [4.69, 9.17) is 4.74 Å². The molecule has 0 aliphatic carbocycles. The molecule has 0 radical (unpaired) electrons. The largest absolute Gasteiger partial charge is 0.508 e. The van der Waals surface area contributed by atoms with Crippen LogP contribution in [-0.4, -0.2) is 51.1 Å². The number of alkyl carbamates (subject to hydrolysis) is 1. The SMILES string of the molecule is Cc1ccc(C(C(=O)NC(C)C)N(C(=O)C(Cc2ccc(O)cc2)NC(=O)OC(C)(C)C)C(C)(C)C)c(C)c1. The first-order valence-corrected chi connectivity index (χ1v) is 13.4. The molecule has 0 aromatic heterocycles. The number of aryl methyl sites for hydroxylation is 2. The summed E-state index contributed by atoms with van der Waals surface area (Å²) >= 11 is 0. The van der Waals surface area contributed by atoms with Crippen molar-refractivity contribution < 1.29 is 24.2 Å². The number of hydrogen-bond acceptors (Lipinski definition) is 5. The van der Waals surface area contributed by atoms with Crippen LogP contribution in [0.25, 0.3) is 0 Å². The van der Waals surface area contributed by atoms with Crippen molar-refractivity contribution in [3.63, 3.8) is 0 Å². The van der Waals surface area contributed by atoms with Gasteiger partial charge < -0.3 is 25.4 Å². The number of phenolic OH excluding ortho intramolecular Hbond substituents is 1. The highest BCUT2D eigenvalue weighted by Gasteiger charge is 2.42. The Kier molecular flexibility index (Phi) is 10.2.